The number of nitrogens with one attached hydrogen (secondary N) is 1. The molecule has 0 amide bonds. The minimum Gasteiger partial charge on any atom is -0.378 e. The highest BCUT2D eigenvalue weighted by Crippen LogP contribution is 2.28. The Kier molecular flexibility index (Phi) is 4.63. The van der Waals surface area contributed by atoms with Crippen molar-refractivity contribution >= 4 is 0 Å². The Morgan fingerprint density at radius 3 is 2.68 bits per heavy atom. The molecule has 1 heterocycles. The number of nitrogens with zero attached hydrogens (tertiary/aromatic N) is 2. The van der Waals surface area contributed by atoms with Gasteiger partial charge in [0.25, 0.3) is 0 Å². The molecule has 1 N–H and O–H groups in total. The lowest BCUT2D eigenvalue weighted by Gasteiger charge is -2.42. The number of hydrogen-bond donors (Lipinski definition) is 1. The molecule has 1 fully saturated rings. The molecule has 0 aromatic carbocycles. The van der Waals surface area contributed by atoms with Crippen LogP contribution in [0.3, 0.4) is 0 Å². The van der Waals surface area contributed by atoms with Crippen molar-refractivity contribution in [1.82, 2.24) is 14.9 Å². The third kappa shape index (κ3) is 4.05. The first-order chi connectivity index (χ1) is 8.99. The molecule has 1 aliphatic carbocycles. The third-order valence-electron chi connectivity index (χ3n) is 3.93. The van der Waals surface area contributed by atoms with Gasteiger partial charge in [0, 0.05) is 37.6 Å². The van der Waals surface area contributed by atoms with Crippen molar-refractivity contribution in [2.75, 3.05) is 6.61 Å². The zero-order valence-electron chi connectivity index (χ0n) is 12.6. The fraction of sp³-hybridized carbons (Fsp3) is 0.800. The van der Waals surface area contributed by atoms with E-state index in [1.165, 1.54) is 0 Å². The monoisotopic (exact) mass is 265 g/mol. The van der Waals surface area contributed by atoms with Crippen molar-refractivity contribution in [3.05, 3.63) is 18.7 Å². The van der Waals surface area contributed by atoms with Crippen LogP contribution in [-0.4, -0.2) is 34.3 Å². The van der Waals surface area contributed by atoms with E-state index in [-0.39, 0.29) is 5.41 Å². The van der Waals surface area contributed by atoms with Gasteiger partial charge in [0.15, 0.2) is 0 Å². The second-order valence-electron chi connectivity index (χ2n) is 6.59. The van der Waals surface area contributed by atoms with Gasteiger partial charge in [-0.25, -0.2) is 4.98 Å². The van der Waals surface area contributed by atoms with Gasteiger partial charge in [0.2, 0.25) is 0 Å². The van der Waals surface area contributed by atoms with Crippen LogP contribution in [0.25, 0.3) is 0 Å². The summed E-state index contributed by atoms with van der Waals surface area (Å²) in [5, 5.41) is 3.79. The average molecular weight is 265 g/mol. The molecule has 108 valence electrons. The SMILES string of the molecule is CCOC1CC(NC(Cn2ccnc2)C(C)(C)C)C1. The van der Waals surface area contributed by atoms with Crippen LogP contribution in [0.5, 0.6) is 0 Å². The molecule has 4 heteroatoms. The number of rotatable bonds is 6. The Labute approximate surface area is 116 Å². The van der Waals surface area contributed by atoms with Crippen LogP contribution < -0.4 is 5.32 Å². The summed E-state index contributed by atoms with van der Waals surface area (Å²) in [6.07, 6.45) is 8.52. The van der Waals surface area contributed by atoms with Crippen LogP contribution in [0, 0.1) is 5.41 Å². The van der Waals surface area contributed by atoms with Gasteiger partial charge in [-0.2, -0.15) is 0 Å². The molecule has 0 saturated heterocycles. The molecule has 0 spiro atoms. The van der Waals surface area contributed by atoms with E-state index < -0.39 is 0 Å². The minimum atomic E-state index is 0.237. The molecular weight excluding hydrogens is 238 g/mol. The largest absolute Gasteiger partial charge is 0.378 e. The fourth-order valence-electron chi connectivity index (χ4n) is 2.54. The molecule has 0 radical (unpaired) electrons. The Balaban J connectivity index is 1.86. The molecular formula is C15H27N3O. The quantitative estimate of drug-likeness (QED) is 0.858. The van der Waals surface area contributed by atoms with Gasteiger partial charge in [-0.15, -0.1) is 0 Å². The summed E-state index contributed by atoms with van der Waals surface area (Å²) >= 11 is 0. The van der Waals surface area contributed by atoms with E-state index in [0.29, 0.717) is 18.2 Å². The van der Waals surface area contributed by atoms with E-state index in [4.69, 9.17) is 4.74 Å². The molecule has 1 aromatic rings. The summed E-state index contributed by atoms with van der Waals surface area (Å²) in [7, 11) is 0. The first-order valence-electron chi connectivity index (χ1n) is 7.32. The van der Waals surface area contributed by atoms with Crippen molar-refractivity contribution in [2.24, 2.45) is 5.41 Å². The number of hydrogen-bond acceptors (Lipinski definition) is 3. The lowest BCUT2D eigenvalue weighted by Crippen LogP contribution is -2.54. The van der Waals surface area contributed by atoms with Crippen LogP contribution in [0.2, 0.25) is 0 Å². The fourth-order valence-corrected chi connectivity index (χ4v) is 2.54. The van der Waals surface area contributed by atoms with Gasteiger partial charge in [-0.1, -0.05) is 20.8 Å². The predicted molar refractivity (Wildman–Crippen MR) is 77.0 cm³/mol. The van der Waals surface area contributed by atoms with E-state index >= 15 is 0 Å². The second-order valence-corrected chi connectivity index (χ2v) is 6.59. The molecule has 1 aromatic heterocycles. The van der Waals surface area contributed by atoms with Crippen molar-refractivity contribution in [3.63, 3.8) is 0 Å². The predicted octanol–water partition coefficient (Wildman–Crippen LogP) is 2.45. The van der Waals surface area contributed by atoms with Gasteiger partial charge < -0.3 is 14.6 Å². The molecule has 4 nitrogen and oxygen atoms in total. The van der Waals surface area contributed by atoms with Crippen molar-refractivity contribution in [1.29, 1.82) is 0 Å². The summed E-state index contributed by atoms with van der Waals surface area (Å²) in [6.45, 7) is 10.7. The van der Waals surface area contributed by atoms with E-state index in [1.807, 2.05) is 18.7 Å². The summed E-state index contributed by atoms with van der Waals surface area (Å²) in [4.78, 5) is 4.12. The summed E-state index contributed by atoms with van der Waals surface area (Å²) in [5.41, 5.74) is 0.237. The number of aromatic nitrogens is 2. The molecule has 1 saturated carbocycles. The van der Waals surface area contributed by atoms with Gasteiger partial charge in [-0.3, -0.25) is 0 Å². The highest BCUT2D eigenvalue weighted by atomic mass is 16.5. The summed E-state index contributed by atoms with van der Waals surface area (Å²) < 4.78 is 7.78. The van der Waals surface area contributed by atoms with E-state index in [1.54, 1.807) is 0 Å². The highest BCUT2D eigenvalue weighted by molar-refractivity contribution is 4.92. The van der Waals surface area contributed by atoms with Gasteiger partial charge in [-0.05, 0) is 25.2 Å². The third-order valence-corrected chi connectivity index (χ3v) is 3.93. The normalized spacial score (nSPS) is 25.1. The lowest BCUT2D eigenvalue weighted by molar-refractivity contribution is -0.0167. The standard InChI is InChI=1S/C15H27N3O/c1-5-19-13-8-12(9-13)17-14(15(2,3)4)10-18-7-6-16-11-18/h6-7,11-14,17H,5,8-10H2,1-4H3. The highest BCUT2D eigenvalue weighted by Gasteiger charge is 2.34. The Hall–Kier alpha value is -0.870. The molecule has 1 atom stereocenters. The Bertz CT molecular complexity index is 363. The van der Waals surface area contributed by atoms with Crippen molar-refractivity contribution in [2.45, 2.75) is 65.3 Å². The van der Waals surface area contributed by atoms with Crippen molar-refractivity contribution < 1.29 is 4.74 Å². The van der Waals surface area contributed by atoms with E-state index in [0.717, 1.165) is 26.0 Å². The van der Waals surface area contributed by atoms with Gasteiger partial charge in [0.1, 0.15) is 0 Å². The smallest absolute Gasteiger partial charge is 0.0946 e. The first kappa shape index (κ1) is 14.5. The van der Waals surface area contributed by atoms with Crippen molar-refractivity contribution in [3.8, 4) is 0 Å². The summed E-state index contributed by atoms with van der Waals surface area (Å²) in [5.74, 6) is 0. The maximum absolute atomic E-state index is 5.63. The Morgan fingerprint density at radius 1 is 1.42 bits per heavy atom. The minimum absolute atomic E-state index is 0.237. The van der Waals surface area contributed by atoms with Crippen LogP contribution in [-0.2, 0) is 11.3 Å². The number of ether oxygens (including phenoxy) is 1. The Morgan fingerprint density at radius 2 is 2.16 bits per heavy atom. The summed E-state index contributed by atoms with van der Waals surface area (Å²) in [6, 6.07) is 1.05. The second kappa shape index (κ2) is 6.06. The molecule has 2 rings (SSSR count). The number of imidazole rings is 1. The van der Waals surface area contributed by atoms with Gasteiger partial charge >= 0.3 is 0 Å². The first-order valence-corrected chi connectivity index (χ1v) is 7.32. The van der Waals surface area contributed by atoms with Crippen LogP contribution in [0.1, 0.15) is 40.5 Å². The zero-order chi connectivity index (χ0) is 13.9. The lowest BCUT2D eigenvalue weighted by atomic mass is 9.82. The average Bonchev–Trinajstić information content (AvgIpc) is 2.76. The van der Waals surface area contributed by atoms with Crippen LogP contribution >= 0.6 is 0 Å². The molecule has 1 aliphatic rings. The van der Waals surface area contributed by atoms with Crippen LogP contribution in [0.4, 0.5) is 0 Å². The molecule has 0 bridgehead atoms. The maximum atomic E-state index is 5.63. The van der Waals surface area contributed by atoms with E-state index in [2.05, 4.69) is 42.6 Å². The van der Waals surface area contributed by atoms with Gasteiger partial charge in [0.05, 0.1) is 12.4 Å². The molecule has 19 heavy (non-hydrogen) atoms. The molecule has 1 unspecified atom stereocenters. The molecule has 0 aliphatic heterocycles. The van der Waals surface area contributed by atoms with E-state index in [9.17, 15) is 0 Å². The van der Waals surface area contributed by atoms with Crippen LogP contribution in [0.15, 0.2) is 18.7 Å². The zero-order valence-corrected chi connectivity index (χ0v) is 12.6. The maximum Gasteiger partial charge on any atom is 0.0946 e. The topological polar surface area (TPSA) is 39.1 Å².